The van der Waals surface area contributed by atoms with E-state index >= 15 is 0 Å². The zero-order valence-electron chi connectivity index (χ0n) is 17.0. The minimum atomic E-state index is -0.480. The molecule has 0 fully saturated rings. The normalized spacial score (nSPS) is 15.8. The van der Waals surface area contributed by atoms with Crippen molar-refractivity contribution in [2.45, 2.75) is 19.4 Å². The molecule has 0 radical (unpaired) electrons. The summed E-state index contributed by atoms with van der Waals surface area (Å²) in [7, 11) is 0. The number of aromatic nitrogens is 8. The number of amides is 1. The van der Waals surface area contributed by atoms with E-state index in [2.05, 4.69) is 30.1 Å². The number of H-pyrrole nitrogens is 1. The van der Waals surface area contributed by atoms with Gasteiger partial charge in [-0.2, -0.15) is 5.10 Å². The van der Waals surface area contributed by atoms with Gasteiger partial charge in [0.15, 0.2) is 0 Å². The van der Waals surface area contributed by atoms with Gasteiger partial charge in [0, 0.05) is 31.1 Å². The summed E-state index contributed by atoms with van der Waals surface area (Å²) in [4.78, 5) is 30.8. The van der Waals surface area contributed by atoms with Crippen molar-refractivity contribution in [3.63, 3.8) is 0 Å². The Labute approximate surface area is 181 Å². The van der Waals surface area contributed by atoms with Gasteiger partial charge in [0.25, 0.3) is 5.89 Å². The Morgan fingerprint density at radius 3 is 3.03 bits per heavy atom. The third-order valence-electron chi connectivity index (χ3n) is 5.61. The van der Waals surface area contributed by atoms with Crippen LogP contribution in [0.1, 0.15) is 39.4 Å². The van der Waals surface area contributed by atoms with Crippen LogP contribution in [0.25, 0.3) is 17.1 Å². The van der Waals surface area contributed by atoms with Crippen molar-refractivity contribution in [3.05, 3.63) is 77.8 Å². The molecule has 1 atom stereocenters. The van der Waals surface area contributed by atoms with Crippen LogP contribution >= 0.6 is 0 Å². The highest BCUT2D eigenvalue weighted by Gasteiger charge is 2.38. The second kappa shape index (κ2) is 7.08. The predicted molar refractivity (Wildman–Crippen MR) is 110 cm³/mol. The predicted octanol–water partition coefficient (Wildman–Crippen LogP) is 1.99. The van der Waals surface area contributed by atoms with Crippen LogP contribution in [0.5, 0.6) is 0 Å². The molecule has 0 aromatic carbocycles. The SMILES string of the molecule is Cc1cccn2nc([C@H]3c4nc[nH]c4CCN3C(=O)c3nnc(-c4ccncn4)o3)cc12. The van der Waals surface area contributed by atoms with Crippen molar-refractivity contribution in [2.75, 3.05) is 6.54 Å². The lowest BCUT2D eigenvalue weighted by atomic mass is 9.99. The maximum absolute atomic E-state index is 13.5. The van der Waals surface area contributed by atoms with Crippen LogP contribution in [0.15, 0.2) is 53.7 Å². The van der Waals surface area contributed by atoms with Gasteiger partial charge in [-0.1, -0.05) is 6.07 Å². The summed E-state index contributed by atoms with van der Waals surface area (Å²) in [5.74, 6) is -0.333. The molecule has 0 bridgehead atoms. The van der Waals surface area contributed by atoms with Crippen molar-refractivity contribution in [2.24, 2.45) is 0 Å². The number of aromatic amines is 1. The first kappa shape index (κ1) is 18.4. The van der Waals surface area contributed by atoms with Gasteiger partial charge in [-0.05, 0) is 30.7 Å². The highest BCUT2D eigenvalue weighted by atomic mass is 16.4. The van der Waals surface area contributed by atoms with E-state index < -0.39 is 6.04 Å². The van der Waals surface area contributed by atoms with Gasteiger partial charge >= 0.3 is 11.8 Å². The molecule has 158 valence electrons. The molecule has 1 aliphatic heterocycles. The van der Waals surface area contributed by atoms with E-state index in [4.69, 9.17) is 9.52 Å². The quantitative estimate of drug-likeness (QED) is 0.462. The Hall–Kier alpha value is -4.41. The minimum absolute atomic E-state index is 0.109. The zero-order valence-corrected chi connectivity index (χ0v) is 17.0. The summed E-state index contributed by atoms with van der Waals surface area (Å²) in [5, 5.41) is 12.7. The third-order valence-corrected chi connectivity index (χ3v) is 5.61. The second-order valence-corrected chi connectivity index (χ2v) is 7.51. The van der Waals surface area contributed by atoms with E-state index in [1.807, 2.05) is 35.8 Å². The average molecular weight is 427 g/mol. The van der Waals surface area contributed by atoms with Crippen LogP contribution in [0.4, 0.5) is 0 Å². The van der Waals surface area contributed by atoms with Crippen LogP contribution in [0.2, 0.25) is 0 Å². The summed E-state index contributed by atoms with van der Waals surface area (Å²) in [6, 6.07) is 7.12. The molecule has 5 aromatic heterocycles. The summed E-state index contributed by atoms with van der Waals surface area (Å²) in [6.07, 6.45) is 7.12. The summed E-state index contributed by atoms with van der Waals surface area (Å²) < 4.78 is 7.47. The Bertz CT molecular complexity index is 1440. The highest BCUT2D eigenvalue weighted by Crippen LogP contribution is 2.34. The van der Waals surface area contributed by atoms with Gasteiger partial charge < -0.3 is 14.3 Å². The van der Waals surface area contributed by atoms with Crippen molar-refractivity contribution in [3.8, 4) is 11.6 Å². The minimum Gasteiger partial charge on any atom is -0.411 e. The van der Waals surface area contributed by atoms with E-state index in [9.17, 15) is 4.79 Å². The van der Waals surface area contributed by atoms with E-state index in [1.54, 1.807) is 23.5 Å². The summed E-state index contributed by atoms with van der Waals surface area (Å²) >= 11 is 0. The summed E-state index contributed by atoms with van der Waals surface area (Å²) in [6.45, 7) is 2.48. The number of carbonyl (C=O) groups excluding carboxylic acids is 1. The fourth-order valence-corrected chi connectivity index (χ4v) is 4.06. The first-order chi connectivity index (χ1) is 15.7. The Kier molecular flexibility index (Phi) is 4.06. The molecule has 32 heavy (non-hydrogen) atoms. The number of rotatable bonds is 3. The highest BCUT2D eigenvalue weighted by molar-refractivity contribution is 5.90. The molecule has 11 nitrogen and oxygen atoms in total. The lowest BCUT2D eigenvalue weighted by Crippen LogP contribution is -2.41. The third kappa shape index (κ3) is 2.86. The lowest BCUT2D eigenvalue weighted by molar-refractivity contribution is 0.0646. The van der Waals surface area contributed by atoms with Crippen LogP contribution in [0.3, 0.4) is 0 Å². The molecule has 0 saturated heterocycles. The van der Waals surface area contributed by atoms with E-state index in [-0.39, 0.29) is 17.7 Å². The van der Waals surface area contributed by atoms with Gasteiger partial charge in [0.05, 0.1) is 23.2 Å². The van der Waals surface area contributed by atoms with Crippen LogP contribution in [0, 0.1) is 6.92 Å². The molecule has 0 unspecified atom stereocenters. The fourth-order valence-electron chi connectivity index (χ4n) is 4.06. The number of hydrogen-bond acceptors (Lipinski definition) is 8. The van der Waals surface area contributed by atoms with E-state index in [0.29, 0.717) is 18.7 Å². The standard InChI is InChI=1S/C21H17N9O2/c1-12-3-2-7-30-16(12)9-15(28-30)18-17-13(24-11-25-17)5-8-29(18)21(31)20-27-26-19(32-20)14-4-6-22-10-23-14/h2-4,6-7,9-11,18H,5,8H2,1H3,(H,24,25)/t18-/m0/s1. The molecule has 1 aliphatic rings. The van der Waals surface area contributed by atoms with Gasteiger partial charge in [-0.25, -0.2) is 19.5 Å². The van der Waals surface area contributed by atoms with Crippen molar-refractivity contribution < 1.29 is 9.21 Å². The largest absolute Gasteiger partial charge is 0.411 e. The maximum Gasteiger partial charge on any atom is 0.312 e. The van der Waals surface area contributed by atoms with Crippen LogP contribution < -0.4 is 0 Å². The summed E-state index contributed by atoms with van der Waals surface area (Å²) in [5.41, 5.74) is 4.99. The number of pyridine rings is 1. The van der Waals surface area contributed by atoms with Crippen LogP contribution in [-0.2, 0) is 6.42 Å². The first-order valence-electron chi connectivity index (χ1n) is 10.1. The monoisotopic (exact) mass is 427 g/mol. The molecular formula is C21H17N9O2. The van der Waals surface area contributed by atoms with Crippen molar-refractivity contribution in [1.29, 1.82) is 0 Å². The molecule has 0 aliphatic carbocycles. The van der Waals surface area contributed by atoms with E-state index in [0.717, 1.165) is 28.2 Å². The smallest absolute Gasteiger partial charge is 0.312 e. The Morgan fingerprint density at radius 1 is 1.25 bits per heavy atom. The molecule has 6 rings (SSSR count). The maximum atomic E-state index is 13.5. The van der Waals surface area contributed by atoms with Gasteiger partial charge in [0.2, 0.25) is 0 Å². The number of fused-ring (bicyclic) bond motifs is 2. The number of imidazole rings is 1. The Morgan fingerprint density at radius 2 is 2.19 bits per heavy atom. The average Bonchev–Trinajstić information content (AvgIpc) is 3.58. The number of nitrogens with zero attached hydrogens (tertiary/aromatic N) is 8. The van der Waals surface area contributed by atoms with Gasteiger partial charge in [-0.15, -0.1) is 10.2 Å². The number of aryl methyl sites for hydroxylation is 1. The lowest BCUT2D eigenvalue weighted by Gasteiger charge is -2.32. The molecular weight excluding hydrogens is 410 g/mol. The molecule has 5 aromatic rings. The fraction of sp³-hybridized carbons (Fsp3) is 0.190. The molecule has 0 spiro atoms. The van der Waals surface area contributed by atoms with Crippen LogP contribution in [-0.4, -0.2) is 57.1 Å². The van der Waals surface area contributed by atoms with E-state index in [1.165, 1.54) is 6.33 Å². The molecule has 0 saturated carbocycles. The second-order valence-electron chi connectivity index (χ2n) is 7.51. The van der Waals surface area contributed by atoms with Crippen molar-refractivity contribution >= 4 is 11.4 Å². The number of carbonyl (C=O) groups is 1. The molecule has 6 heterocycles. The number of nitrogens with one attached hydrogen (secondary N) is 1. The number of hydrogen-bond donors (Lipinski definition) is 1. The van der Waals surface area contributed by atoms with Gasteiger partial charge in [-0.3, -0.25) is 4.79 Å². The molecule has 1 amide bonds. The molecule has 11 heteroatoms. The molecule has 1 N–H and O–H groups in total. The zero-order chi connectivity index (χ0) is 21.7. The topological polar surface area (TPSA) is 131 Å². The van der Waals surface area contributed by atoms with Gasteiger partial charge in [0.1, 0.15) is 18.1 Å². The first-order valence-corrected chi connectivity index (χ1v) is 10.1. The Balaban J connectivity index is 1.41. The van der Waals surface area contributed by atoms with Crippen molar-refractivity contribution in [1.82, 2.24) is 44.6 Å².